The van der Waals surface area contributed by atoms with E-state index in [9.17, 15) is 0 Å². The van der Waals surface area contributed by atoms with Crippen molar-refractivity contribution in [1.82, 2.24) is 0 Å². The van der Waals surface area contributed by atoms with Crippen molar-refractivity contribution in [1.29, 1.82) is 0 Å². The number of allylic oxidation sites excluding steroid dienone is 2. The van der Waals surface area contributed by atoms with E-state index >= 15 is 0 Å². The third kappa shape index (κ3) is 1.36. The molecule has 0 radical (unpaired) electrons. The Labute approximate surface area is 51.6 Å². The normalized spacial score (nSPS) is 37.8. The first-order valence-corrected chi connectivity index (χ1v) is 3.45. The molecule has 0 spiro atoms. The van der Waals surface area contributed by atoms with E-state index in [4.69, 9.17) is 0 Å². The van der Waals surface area contributed by atoms with E-state index in [0.717, 1.165) is 11.8 Å². The Balaban J connectivity index is 2.42. The van der Waals surface area contributed by atoms with E-state index < -0.39 is 0 Å². The molecule has 46 valence electrons. The van der Waals surface area contributed by atoms with E-state index in [-0.39, 0.29) is 0 Å². The molecular weight excluding hydrogens is 96.1 g/mol. The third-order valence-corrected chi connectivity index (χ3v) is 1.78. The topological polar surface area (TPSA) is 0 Å². The lowest BCUT2D eigenvalue weighted by atomic mass is 9.89. The standard InChI is InChI=1S/C8H14/c1-7-4-3-5-8(2)6-7/h3-4,7-8H,5-6H2,1-2H3/t7?,8-/m0/s1. The summed E-state index contributed by atoms with van der Waals surface area (Å²) in [7, 11) is 0. The number of rotatable bonds is 0. The summed E-state index contributed by atoms with van der Waals surface area (Å²) in [6.07, 6.45) is 7.31. The highest BCUT2D eigenvalue weighted by Gasteiger charge is 2.08. The lowest BCUT2D eigenvalue weighted by Crippen LogP contribution is -2.04. The molecule has 0 heteroatoms. The summed E-state index contributed by atoms with van der Waals surface area (Å²) in [5, 5.41) is 0. The highest BCUT2D eigenvalue weighted by Crippen LogP contribution is 2.21. The zero-order valence-corrected chi connectivity index (χ0v) is 5.72. The summed E-state index contributed by atoms with van der Waals surface area (Å²) in [4.78, 5) is 0. The average Bonchev–Trinajstić information content (AvgIpc) is 1.64. The van der Waals surface area contributed by atoms with Crippen LogP contribution >= 0.6 is 0 Å². The first-order chi connectivity index (χ1) is 3.79. The molecule has 0 aromatic carbocycles. The van der Waals surface area contributed by atoms with Gasteiger partial charge in [-0.1, -0.05) is 26.0 Å². The lowest BCUT2D eigenvalue weighted by Gasteiger charge is -2.16. The van der Waals surface area contributed by atoms with Gasteiger partial charge in [0.05, 0.1) is 0 Å². The molecule has 2 atom stereocenters. The molecule has 0 amide bonds. The highest BCUT2D eigenvalue weighted by molar-refractivity contribution is 4.92. The largest absolute Gasteiger partial charge is 0.0880 e. The molecule has 1 unspecified atom stereocenters. The van der Waals surface area contributed by atoms with Crippen LogP contribution in [0.3, 0.4) is 0 Å². The van der Waals surface area contributed by atoms with Gasteiger partial charge in [-0.25, -0.2) is 0 Å². The van der Waals surface area contributed by atoms with Gasteiger partial charge < -0.3 is 0 Å². The van der Waals surface area contributed by atoms with Crippen molar-refractivity contribution in [3.63, 3.8) is 0 Å². The molecule has 0 aliphatic heterocycles. The van der Waals surface area contributed by atoms with Crippen LogP contribution in [-0.2, 0) is 0 Å². The van der Waals surface area contributed by atoms with Gasteiger partial charge in [-0.2, -0.15) is 0 Å². The maximum atomic E-state index is 2.32. The van der Waals surface area contributed by atoms with Crippen molar-refractivity contribution in [3.05, 3.63) is 12.2 Å². The summed E-state index contributed by atoms with van der Waals surface area (Å²) in [5.74, 6) is 1.76. The van der Waals surface area contributed by atoms with Crippen LogP contribution in [0.5, 0.6) is 0 Å². The zero-order valence-electron chi connectivity index (χ0n) is 5.72. The first-order valence-electron chi connectivity index (χ1n) is 3.45. The molecule has 1 aliphatic rings. The van der Waals surface area contributed by atoms with Crippen molar-refractivity contribution in [2.45, 2.75) is 26.7 Å². The molecule has 8 heavy (non-hydrogen) atoms. The van der Waals surface area contributed by atoms with E-state index in [0.29, 0.717) is 0 Å². The Morgan fingerprint density at radius 1 is 1.38 bits per heavy atom. The minimum absolute atomic E-state index is 0.832. The summed E-state index contributed by atoms with van der Waals surface area (Å²) in [5.41, 5.74) is 0. The van der Waals surface area contributed by atoms with Gasteiger partial charge in [0.25, 0.3) is 0 Å². The van der Waals surface area contributed by atoms with Crippen LogP contribution in [0.2, 0.25) is 0 Å². The fourth-order valence-electron chi connectivity index (χ4n) is 1.35. The summed E-state index contributed by atoms with van der Waals surface area (Å²) >= 11 is 0. The van der Waals surface area contributed by atoms with Gasteiger partial charge in [0.1, 0.15) is 0 Å². The fraction of sp³-hybridized carbons (Fsp3) is 0.750. The van der Waals surface area contributed by atoms with Crippen LogP contribution in [0.15, 0.2) is 12.2 Å². The Hall–Kier alpha value is -0.260. The lowest BCUT2D eigenvalue weighted by molar-refractivity contribution is 0.449. The summed E-state index contributed by atoms with van der Waals surface area (Å²) in [6.45, 7) is 4.60. The van der Waals surface area contributed by atoms with Crippen molar-refractivity contribution in [3.8, 4) is 0 Å². The van der Waals surface area contributed by atoms with E-state index in [1.54, 1.807) is 0 Å². The molecule has 0 aromatic heterocycles. The zero-order chi connectivity index (χ0) is 5.98. The van der Waals surface area contributed by atoms with Crippen LogP contribution in [0.4, 0.5) is 0 Å². The van der Waals surface area contributed by atoms with Gasteiger partial charge in [0.15, 0.2) is 0 Å². The molecule has 0 heterocycles. The van der Waals surface area contributed by atoms with Gasteiger partial charge in [-0.05, 0) is 24.7 Å². The van der Waals surface area contributed by atoms with Gasteiger partial charge in [0, 0.05) is 0 Å². The fourth-order valence-corrected chi connectivity index (χ4v) is 1.35. The second kappa shape index (κ2) is 2.34. The molecule has 1 aliphatic carbocycles. The first kappa shape index (κ1) is 5.87. The van der Waals surface area contributed by atoms with Crippen molar-refractivity contribution >= 4 is 0 Å². The Bertz CT molecular complexity index is 92.2. The quantitative estimate of drug-likeness (QED) is 0.420. The number of hydrogen-bond donors (Lipinski definition) is 0. The second-order valence-corrected chi connectivity index (χ2v) is 2.98. The molecule has 0 bridgehead atoms. The predicted octanol–water partition coefficient (Wildman–Crippen LogP) is 2.61. The molecule has 0 aromatic rings. The highest BCUT2D eigenvalue weighted by atomic mass is 14.1. The summed E-state index contributed by atoms with van der Waals surface area (Å²) < 4.78 is 0. The van der Waals surface area contributed by atoms with Crippen LogP contribution in [0, 0.1) is 11.8 Å². The van der Waals surface area contributed by atoms with E-state index in [1.165, 1.54) is 12.8 Å². The monoisotopic (exact) mass is 110 g/mol. The SMILES string of the molecule is CC1C=CC[C@H](C)C1. The Morgan fingerprint density at radius 2 is 2.12 bits per heavy atom. The van der Waals surface area contributed by atoms with E-state index in [2.05, 4.69) is 26.0 Å². The Morgan fingerprint density at radius 3 is 2.50 bits per heavy atom. The molecular formula is C8H14. The maximum absolute atomic E-state index is 2.32. The molecule has 0 fully saturated rings. The second-order valence-electron chi connectivity index (χ2n) is 2.98. The van der Waals surface area contributed by atoms with Gasteiger partial charge in [0.2, 0.25) is 0 Å². The average molecular weight is 110 g/mol. The van der Waals surface area contributed by atoms with Crippen molar-refractivity contribution in [2.75, 3.05) is 0 Å². The summed E-state index contributed by atoms with van der Waals surface area (Å²) in [6, 6.07) is 0. The van der Waals surface area contributed by atoms with Crippen LogP contribution in [-0.4, -0.2) is 0 Å². The smallest absolute Gasteiger partial charge is 0.0259 e. The maximum Gasteiger partial charge on any atom is -0.0259 e. The van der Waals surface area contributed by atoms with Crippen LogP contribution in [0.1, 0.15) is 26.7 Å². The molecule has 0 nitrogen and oxygen atoms in total. The molecule has 0 saturated heterocycles. The third-order valence-electron chi connectivity index (χ3n) is 1.78. The minimum Gasteiger partial charge on any atom is -0.0880 e. The van der Waals surface area contributed by atoms with E-state index in [1.807, 2.05) is 0 Å². The van der Waals surface area contributed by atoms with Gasteiger partial charge in [-0.3, -0.25) is 0 Å². The molecule has 1 rings (SSSR count). The van der Waals surface area contributed by atoms with Crippen molar-refractivity contribution in [2.24, 2.45) is 11.8 Å². The van der Waals surface area contributed by atoms with Crippen LogP contribution in [0.25, 0.3) is 0 Å². The molecule has 0 N–H and O–H groups in total. The van der Waals surface area contributed by atoms with Crippen LogP contribution < -0.4 is 0 Å². The van der Waals surface area contributed by atoms with Gasteiger partial charge in [-0.15, -0.1) is 0 Å². The van der Waals surface area contributed by atoms with Crippen molar-refractivity contribution < 1.29 is 0 Å². The van der Waals surface area contributed by atoms with Gasteiger partial charge >= 0.3 is 0 Å². The minimum atomic E-state index is 0.832. The number of hydrogen-bond acceptors (Lipinski definition) is 0. The Kier molecular flexibility index (Phi) is 1.72. The molecule has 0 saturated carbocycles. The predicted molar refractivity (Wildman–Crippen MR) is 36.7 cm³/mol.